The summed E-state index contributed by atoms with van der Waals surface area (Å²) in [5.74, 6) is 0.639. The molecule has 1 heterocycles. The monoisotopic (exact) mass is 386 g/mol. The van der Waals surface area contributed by atoms with Crippen molar-refractivity contribution in [1.29, 1.82) is 0 Å². The van der Waals surface area contributed by atoms with Gasteiger partial charge in [0.15, 0.2) is 0 Å². The summed E-state index contributed by atoms with van der Waals surface area (Å²) in [5, 5.41) is 3.26. The zero-order chi connectivity index (χ0) is 18.7. The van der Waals surface area contributed by atoms with Crippen molar-refractivity contribution in [2.75, 3.05) is 14.2 Å². The molecule has 1 amide bonds. The van der Waals surface area contributed by atoms with Gasteiger partial charge in [-0.05, 0) is 25.1 Å². The lowest BCUT2D eigenvalue weighted by atomic mass is 10.1. The van der Waals surface area contributed by atoms with Crippen LogP contribution in [-0.2, 0) is 0 Å². The molecule has 0 fully saturated rings. The minimum Gasteiger partial charge on any atom is -0.496 e. The van der Waals surface area contributed by atoms with Gasteiger partial charge in [-0.15, -0.1) is 11.3 Å². The third-order valence-electron chi connectivity index (χ3n) is 4.30. The lowest BCUT2D eigenvalue weighted by Gasteiger charge is -2.26. The predicted molar refractivity (Wildman–Crippen MR) is 106 cm³/mol. The van der Waals surface area contributed by atoms with E-state index in [2.05, 4.69) is 4.98 Å². The summed E-state index contributed by atoms with van der Waals surface area (Å²) in [7, 11) is 3.41. The van der Waals surface area contributed by atoms with Crippen molar-refractivity contribution in [3.63, 3.8) is 0 Å². The summed E-state index contributed by atoms with van der Waals surface area (Å²) in [5.41, 5.74) is 2.34. The Kier molecular flexibility index (Phi) is 5.59. The van der Waals surface area contributed by atoms with E-state index in [0.29, 0.717) is 10.7 Å². The fraction of sp³-hybridized carbons (Fsp3) is 0.200. The van der Waals surface area contributed by atoms with E-state index in [1.807, 2.05) is 55.5 Å². The van der Waals surface area contributed by atoms with Crippen molar-refractivity contribution < 1.29 is 9.53 Å². The van der Waals surface area contributed by atoms with Crippen LogP contribution in [0, 0.1) is 0 Å². The van der Waals surface area contributed by atoms with Crippen LogP contribution < -0.4 is 4.74 Å². The van der Waals surface area contributed by atoms with Crippen molar-refractivity contribution >= 4 is 28.8 Å². The molecule has 1 atom stereocenters. The molecule has 2 aromatic carbocycles. The molecule has 26 heavy (non-hydrogen) atoms. The molecule has 0 saturated heterocycles. The van der Waals surface area contributed by atoms with Crippen LogP contribution in [0.3, 0.4) is 0 Å². The number of ether oxygens (including phenoxy) is 1. The summed E-state index contributed by atoms with van der Waals surface area (Å²) in [6.07, 6.45) is 0. The van der Waals surface area contributed by atoms with Gasteiger partial charge in [-0.3, -0.25) is 4.79 Å². The summed E-state index contributed by atoms with van der Waals surface area (Å²) in [6.45, 7) is 1.97. The van der Waals surface area contributed by atoms with Crippen LogP contribution in [0.5, 0.6) is 5.75 Å². The molecule has 0 aliphatic heterocycles. The highest BCUT2D eigenvalue weighted by molar-refractivity contribution is 7.13. The highest BCUT2D eigenvalue weighted by atomic mass is 35.5. The standard InChI is InChI=1S/C20H19ClN2O2S/c1-13(16-6-4-5-7-18(16)25-3)23(2)20(24)17-12-26-19(22-17)14-8-10-15(21)11-9-14/h4-13H,1-3H3. The van der Waals surface area contributed by atoms with Crippen molar-refractivity contribution in [1.82, 2.24) is 9.88 Å². The van der Waals surface area contributed by atoms with Gasteiger partial charge in [0.25, 0.3) is 5.91 Å². The first-order chi connectivity index (χ1) is 12.5. The van der Waals surface area contributed by atoms with Crippen LogP contribution in [-0.4, -0.2) is 29.9 Å². The number of amides is 1. The number of methoxy groups -OCH3 is 1. The maximum absolute atomic E-state index is 12.9. The lowest BCUT2D eigenvalue weighted by Crippen LogP contribution is -2.30. The lowest BCUT2D eigenvalue weighted by molar-refractivity contribution is 0.0736. The summed E-state index contributed by atoms with van der Waals surface area (Å²) in [4.78, 5) is 19.0. The van der Waals surface area contributed by atoms with E-state index in [-0.39, 0.29) is 11.9 Å². The minimum absolute atomic E-state index is 0.125. The van der Waals surface area contributed by atoms with Gasteiger partial charge in [-0.2, -0.15) is 0 Å². The van der Waals surface area contributed by atoms with Gasteiger partial charge in [-0.25, -0.2) is 4.98 Å². The minimum atomic E-state index is -0.140. The number of nitrogens with zero attached hydrogens (tertiary/aromatic N) is 2. The zero-order valence-electron chi connectivity index (χ0n) is 14.8. The molecule has 0 aliphatic carbocycles. The maximum atomic E-state index is 12.9. The van der Waals surface area contributed by atoms with E-state index in [1.54, 1.807) is 24.4 Å². The Labute approximate surface area is 162 Å². The highest BCUT2D eigenvalue weighted by Gasteiger charge is 2.23. The Bertz CT molecular complexity index is 908. The van der Waals surface area contributed by atoms with Gasteiger partial charge < -0.3 is 9.64 Å². The number of hydrogen-bond donors (Lipinski definition) is 0. The molecule has 0 aliphatic rings. The molecule has 1 aromatic heterocycles. The first-order valence-electron chi connectivity index (χ1n) is 8.12. The largest absolute Gasteiger partial charge is 0.496 e. The van der Waals surface area contributed by atoms with Crippen LogP contribution in [0.2, 0.25) is 5.02 Å². The van der Waals surface area contributed by atoms with Crippen LogP contribution >= 0.6 is 22.9 Å². The number of carbonyl (C=O) groups excluding carboxylic acids is 1. The van der Waals surface area contributed by atoms with Crippen molar-refractivity contribution in [3.05, 3.63) is 70.2 Å². The summed E-state index contributed by atoms with van der Waals surface area (Å²) >= 11 is 7.37. The first kappa shape index (κ1) is 18.4. The number of hydrogen-bond acceptors (Lipinski definition) is 4. The Hall–Kier alpha value is -2.37. The molecule has 0 bridgehead atoms. The topological polar surface area (TPSA) is 42.4 Å². The second-order valence-electron chi connectivity index (χ2n) is 5.88. The van der Waals surface area contributed by atoms with E-state index in [9.17, 15) is 4.79 Å². The van der Waals surface area contributed by atoms with Gasteiger partial charge >= 0.3 is 0 Å². The van der Waals surface area contributed by atoms with E-state index < -0.39 is 0 Å². The molecule has 3 rings (SSSR count). The van der Waals surface area contributed by atoms with Crippen molar-refractivity contribution in [2.24, 2.45) is 0 Å². The van der Waals surface area contributed by atoms with Crippen LogP contribution in [0.15, 0.2) is 53.9 Å². The smallest absolute Gasteiger partial charge is 0.273 e. The molecule has 1 unspecified atom stereocenters. The molecule has 6 heteroatoms. The van der Waals surface area contributed by atoms with Gasteiger partial charge in [0, 0.05) is 28.6 Å². The number of thiazole rings is 1. The van der Waals surface area contributed by atoms with Gasteiger partial charge in [0.2, 0.25) is 0 Å². The van der Waals surface area contributed by atoms with E-state index in [1.165, 1.54) is 11.3 Å². The van der Waals surface area contributed by atoms with Gasteiger partial charge in [0.05, 0.1) is 13.2 Å². The van der Waals surface area contributed by atoms with Crippen LogP contribution in [0.25, 0.3) is 10.6 Å². The van der Waals surface area contributed by atoms with Crippen LogP contribution in [0.1, 0.15) is 29.0 Å². The fourth-order valence-corrected chi connectivity index (χ4v) is 3.60. The second-order valence-corrected chi connectivity index (χ2v) is 7.17. The molecule has 3 aromatic rings. The molecule has 0 spiro atoms. The average Bonchev–Trinajstić information content (AvgIpc) is 3.17. The molecule has 0 N–H and O–H groups in total. The molecular weight excluding hydrogens is 368 g/mol. The number of aromatic nitrogens is 1. The number of rotatable bonds is 5. The summed E-state index contributed by atoms with van der Waals surface area (Å²) in [6, 6.07) is 15.0. The molecule has 0 saturated carbocycles. The third-order valence-corrected chi connectivity index (χ3v) is 5.45. The molecule has 0 radical (unpaired) electrons. The van der Waals surface area contributed by atoms with E-state index in [4.69, 9.17) is 16.3 Å². The average molecular weight is 387 g/mol. The van der Waals surface area contributed by atoms with Crippen LogP contribution in [0.4, 0.5) is 0 Å². The molecule has 4 nitrogen and oxygen atoms in total. The Balaban J connectivity index is 1.81. The maximum Gasteiger partial charge on any atom is 0.273 e. The van der Waals surface area contributed by atoms with Crippen molar-refractivity contribution in [3.8, 4) is 16.3 Å². The quantitative estimate of drug-likeness (QED) is 0.597. The normalized spacial score (nSPS) is 11.8. The number of halogens is 1. The predicted octanol–water partition coefficient (Wildman–Crippen LogP) is 5.31. The second kappa shape index (κ2) is 7.89. The first-order valence-corrected chi connectivity index (χ1v) is 9.38. The number of benzene rings is 2. The Morgan fingerprint density at radius 2 is 1.88 bits per heavy atom. The SMILES string of the molecule is COc1ccccc1C(C)N(C)C(=O)c1csc(-c2ccc(Cl)cc2)n1. The number of para-hydroxylation sites is 1. The number of carbonyl (C=O) groups is 1. The van der Waals surface area contributed by atoms with E-state index >= 15 is 0 Å². The van der Waals surface area contributed by atoms with Gasteiger partial charge in [0.1, 0.15) is 16.5 Å². The zero-order valence-corrected chi connectivity index (χ0v) is 16.3. The molecule has 134 valence electrons. The Morgan fingerprint density at radius 1 is 1.19 bits per heavy atom. The van der Waals surface area contributed by atoms with Gasteiger partial charge in [-0.1, -0.05) is 41.9 Å². The third kappa shape index (κ3) is 3.74. The van der Waals surface area contributed by atoms with Crippen molar-refractivity contribution in [2.45, 2.75) is 13.0 Å². The summed E-state index contributed by atoms with van der Waals surface area (Å²) < 4.78 is 5.41. The van der Waals surface area contributed by atoms with E-state index in [0.717, 1.165) is 21.9 Å². The fourth-order valence-electron chi connectivity index (χ4n) is 2.67. The molecular formula is C20H19ClN2O2S. The Morgan fingerprint density at radius 3 is 2.58 bits per heavy atom. The highest BCUT2D eigenvalue weighted by Crippen LogP contribution is 2.30.